The van der Waals surface area contributed by atoms with Gasteiger partial charge in [-0.15, -0.1) is 0 Å². The van der Waals surface area contributed by atoms with Crippen LogP contribution in [0.15, 0.2) is 59.2 Å². The van der Waals surface area contributed by atoms with E-state index in [-0.39, 0.29) is 22.8 Å². The molecule has 3 heterocycles. The molecule has 1 aliphatic rings. The van der Waals surface area contributed by atoms with E-state index in [1.165, 1.54) is 0 Å². The fraction of sp³-hybridized carbons (Fsp3) is 0. The largest absolute Gasteiger partial charge is 1.00 e. The van der Waals surface area contributed by atoms with Crippen LogP contribution in [0.4, 0.5) is 0 Å². The summed E-state index contributed by atoms with van der Waals surface area (Å²) in [5.41, 5.74) is 4.36. The number of nitrogens with one attached hydrogen (secondary N) is 1. The highest BCUT2D eigenvalue weighted by Gasteiger charge is 2.37. The first kappa shape index (κ1) is 14.6. The Balaban J connectivity index is 0.00000135. The number of pyridine rings is 1. The van der Waals surface area contributed by atoms with Crippen molar-refractivity contribution in [3.63, 3.8) is 0 Å². The molecular formula is C18H10Br2N2O. The normalized spacial score (nSPS) is 12.3. The van der Waals surface area contributed by atoms with E-state index in [2.05, 4.69) is 33.0 Å². The molecule has 0 fully saturated rings. The Labute approximate surface area is 150 Å². The van der Waals surface area contributed by atoms with Crippen LogP contribution in [-0.4, -0.2) is 10.8 Å². The number of carbonyl (C=O) groups excluding carboxylic acids is 1. The van der Waals surface area contributed by atoms with Crippen molar-refractivity contribution < 1.29 is 26.3 Å². The van der Waals surface area contributed by atoms with Crippen molar-refractivity contribution in [2.75, 3.05) is 0 Å². The molecule has 0 saturated heterocycles. The lowest BCUT2D eigenvalue weighted by molar-refractivity contribution is -0.592. The number of halogens is 2. The Kier molecular flexibility index (Phi) is 3.18. The van der Waals surface area contributed by atoms with Crippen LogP contribution in [0.2, 0.25) is 0 Å². The molecule has 5 rings (SSSR count). The van der Waals surface area contributed by atoms with E-state index in [1.54, 1.807) is 0 Å². The van der Waals surface area contributed by atoms with Gasteiger partial charge < -0.3 is 22.0 Å². The number of hydrogen-bond acceptors (Lipinski definition) is 1. The first-order valence-electron chi connectivity index (χ1n) is 7.04. The topological polar surface area (TPSA) is 36.7 Å². The summed E-state index contributed by atoms with van der Waals surface area (Å²) in [6, 6.07) is 15.9. The van der Waals surface area contributed by atoms with Crippen LogP contribution in [0.3, 0.4) is 0 Å². The van der Waals surface area contributed by atoms with Crippen LogP contribution < -0.4 is 21.5 Å². The van der Waals surface area contributed by atoms with E-state index in [9.17, 15) is 4.79 Å². The lowest BCUT2D eigenvalue weighted by Crippen LogP contribution is -3.00. The minimum Gasteiger partial charge on any atom is -1.00 e. The summed E-state index contributed by atoms with van der Waals surface area (Å²) in [7, 11) is 0. The lowest BCUT2D eigenvalue weighted by Gasteiger charge is -1.94. The van der Waals surface area contributed by atoms with Crippen molar-refractivity contribution >= 4 is 43.5 Å². The summed E-state index contributed by atoms with van der Waals surface area (Å²) in [6.07, 6.45) is 1.98. The second-order valence-electron chi connectivity index (χ2n) is 5.48. The molecule has 0 atom stereocenters. The van der Waals surface area contributed by atoms with E-state index >= 15 is 0 Å². The fourth-order valence-corrected chi connectivity index (χ4v) is 3.68. The van der Waals surface area contributed by atoms with Crippen molar-refractivity contribution in [3.8, 4) is 5.69 Å². The van der Waals surface area contributed by atoms with Gasteiger partial charge in [0.15, 0.2) is 6.20 Å². The summed E-state index contributed by atoms with van der Waals surface area (Å²) in [6.45, 7) is 0. The highest BCUT2D eigenvalue weighted by molar-refractivity contribution is 9.10. The second kappa shape index (κ2) is 5.01. The Morgan fingerprint density at radius 2 is 1.83 bits per heavy atom. The zero-order chi connectivity index (χ0) is 14.8. The van der Waals surface area contributed by atoms with Gasteiger partial charge in [-0.3, -0.25) is 4.79 Å². The third-order valence-corrected chi connectivity index (χ3v) is 4.79. The number of nitrogens with zero attached hydrogens (tertiary/aromatic N) is 1. The number of fused-ring (bicyclic) bond motifs is 7. The summed E-state index contributed by atoms with van der Waals surface area (Å²) in [5, 5.41) is 2.19. The zero-order valence-corrected chi connectivity index (χ0v) is 15.0. The number of hydrogen-bond donors (Lipinski definition) is 1. The molecule has 0 radical (unpaired) electrons. The van der Waals surface area contributed by atoms with Gasteiger partial charge in [0.05, 0.1) is 0 Å². The monoisotopic (exact) mass is 428 g/mol. The van der Waals surface area contributed by atoms with Gasteiger partial charge in [0.1, 0.15) is 11.1 Å². The maximum Gasteiger partial charge on any atom is 0.284 e. The molecule has 5 heteroatoms. The summed E-state index contributed by atoms with van der Waals surface area (Å²) in [5.74, 6) is 0.0758. The second-order valence-corrected chi connectivity index (χ2v) is 6.40. The molecule has 112 valence electrons. The molecule has 3 nitrogen and oxygen atoms in total. The van der Waals surface area contributed by atoms with Gasteiger partial charge >= 0.3 is 0 Å². The predicted molar refractivity (Wildman–Crippen MR) is 88.5 cm³/mol. The van der Waals surface area contributed by atoms with Crippen molar-refractivity contribution in [1.82, 2.24) is 4.98 Å². The Bertz CT molecular complexity index is 1110. The number of aromatic amines is 1. The Morgan fingerprint density at radius 3 is 2.70 bits per heavy atom. The molecule has 4 aromatic rings. The number of carbonyl (C=O) groups is 1. The molecule has 0 aliphatic carbocycles. The van der Waals surface area contributed by atoms with Gasteiger partial charge in [0.25, 0.3) is 11.5 Å². The van der Waals surface area contributed by atoms with E-state index in [4.69, 9.17) is 0 Å². The molecule has 0 spiro atoms. The number of ketones is 1. The van der Waals surface area contributed by atoms with E-state index < -0.39 is 0 Å². The van der Waals surface area contributed by atoms with Crippen LogP contribution in [0, 0.1) is 0 Å². The molecule has 2 aromatic heterocycles. The lowest BCUT2D eigenvalue weighted by atomic mass is 10.1. The van der Waals surface area contributed by atoms with E-state index in [0.717, 1.165) is 37.5 Å². The van der Waals surface area contributed by atoms with Crippen LogP contribution in [-0.2, 0) is 0 Å². The molecule has 0 saturated carbocycles. The number of para-hydroxylation sites is 1. The van der Waals surface area contributed by atoms with Gasteiger partial charge in [-0.05, 0) is 24.3 Å². The van der Waals surface area contributed by atoms with E-state index in [0.29, 0.717) is 5.69 Å². The predicted octanol–water partition coefficient (Wildman–Crippen LogP) is 0.909. The molecule has 1 N–H and O–H groups in total. The number of benzene rings is 2. The third-order valence-electron chi connectivity index (χ3n) is 4.29. The van der Waals surface area contributed by atoms with Crippen molar-refractivity contribution in [2.45, 2.75) is 0 Å². The van der Waals surface area contributed by atoms with Gasteiger partial charge in [-0.2, -0.15) is 4.57 Å². The number of aromatic nitrogens is 2. The summed E-state index contributed by atoms with van der Waals surface area (Å²) >= 11 is 3.51. The van der Waals surface area contributed by atoms with Crippen molar-refractivity contribution in [3.05, 3.63) is 70.5 Å². The minimum atomic E-state index is 0. The number of rotatable bonds is 0. The van der Waals surface area contributed by atoms with Gasteiger partial charge in [-0.1, -0.05) is 28.1 Å². The smallest absolute Gasteiger partial charge is 0.284 e. The minimum absolute atomic E-state index is 0. The molecule has 1 aliphatic heterocycles. The molecule has 0 bridgehead atoms. The third kappa shape index (κ3) is 1.87. The maximum absolute atomic E-state index is 12.8. The summed E-state index contributed by atoms with van der Waals surface area (Å²) < 4.78 is 3.01. The molecule has 0 amide bonds. The fourth-order valence-electron chi connectivity index (χ4n) is 3.32. The quantitative estimate of drug-likeness (QED) is 0.365. The Hall–Kier alpha value is -1.98. The first-order valence-corrected chi connectivity index (χ1v) is 7.83. The highest BCUT2D eigenvalue weighted by atomic mass is 79.9. The molecule has 0 unspecified atom stereocenters. The molecular weight excluding hydrogens is 420 g/mol. The number of H-pyrrole nitrogens is 1. The summed E-state index contributed by atoms with van der Waals surface area (Å²) in [4.78, 5) is 16.2. The van der Waals surface area contributed by atoms with E-state index in [1.807, 2.05) is 47.2 Å². The maximum atomic E-state index is 12.8. The van der Waals surface area contributed by atoms with Crippen LogP contribution in [0.5, 0.6) is 0 Å². The Morgan fingerprint density at radius 1 is 1.00 bits per heavy atom. The van der Waals surface area contributed by atoms with Crippen LogP contribution >= 0.6 is 15.9 Å². The standard InChI is InChI=1S/C18H9BrN2O.BrH/c19-10-5-6-14-13(9-10)11-7-8-21-15-4-2-1-3-12(15)18(22)17(21)16(11)20-14;/h1-9H;1H. The first-order chi connectivity index (χ1) is 10.7. The molecule has 2 aromatic carbocycles. The van der Waals surface area contributed by atoms with Gasteiger partial charge in [0, 0.05) is 32.9 Å². The highest BCUT2D eigenvalue weighted by Crippen LogP contribution is 2.32. The average Bonchev–Trinajstić information content (AvgIpc) is 3.04. The van der Waals surface area contributed by atoms with Gasteiger partial charge in [0.2, 0.25) is 5.69 Å². The van der Waals surface area contributed by atoms with Crippen molar-refractivity contribution in [1.29, 1.82) is 0 Å². The van der Waals surface area contributed by atoms with Crippen LogP contribution in [0.1, 0.15) is 16.1 Å². The van der Waals surface area contributed by atoms with Crippen LogP contribution in [0.25, 0.3) is 27.5 Å². The zero-order valence-electron chi connectivity index (χ0n) is 11.8. The van der Waals surface area contributed by atoms with Gasteiger partial charge in [-0.25, -0.2) is 0 Å². The van der Waals surface area contributed by atoms with Crippen molar-refractivity contribution in [2.24, 2.45) is 0 Å². The average molecular weight is 430 g/mol. The SMILES string of the molecule is O=C1c2ccccc2-[n+]2ccc3c([nH]c4ccc(Br)cc43)c21.[Br-]. The molecule has 23 heavy (non-hydrogen) atoms.